The van der Waals surface area contributed by atoms with Gasteiger partial charge in [0, 0.05) is 23.2 Å². The third-order valence-corrected chi connectivity index (χ3v) is 4.50. The molecular formula is C16H22N2OS. The molecule has 2 rings (SSSR count). The normalized spacial score (nSPS) is 12.6. The highest BCUT2D eigenvalue weighted by Gasteiger charge is 2.13. The van der Waals surface area contributed by atoms with Crippen LogP contribution in [0, 0.1) is 0 Å². The SMILES string of the molecule is COc1ccc(N)c(CN(C)C(C)Cc2cccs2)c1. The van der Waals surface area contributed by atoms with Crippen LogP contribution in [0.1, 0.15) is 17.4 Å². The summed E-state index contributed by atoms with van der Waals surface area (Å²) in [6.45, 7) is 3.08. The number of ether oxygens (including phenoxy) is 1. The molecule has 0 fully saturated rings. The lowest BCUT2D eigenvalue weighted by atomic mass is 10.1. The Hall–Kier alpha value is -1.52. The summed E-state index contributed by atoms with van der Waals surface area (Å²) in [5.41, 5.74) is 7.98. The monoisotopic (exact) mass is 290 g/mol. The topological polar surface area (TPSA) is 38.5 Å². The standard InChI is InChI=1S/C16H22N2OS/c1-12(9-15-5-4-8-20-15)18(2)11-13-10-14(19-3)6-7-16(13)17/h4-8,10,12H,9,11,17H2,1-3H3. The summed E-state index contributed by atoms with van der Waals surface area (Å²) < 4.78 is 5.26. The van der Waals surface area contributed by atoms with E-state index in [1.165, 1.54) is 4.88 Å². The molecular weight excluding hydrogens is 268 g/mol. The lowest BCUT2D eigenvalue weighted by Gasteiger charge is -2.25. The molecule has 1 aromatic carbocycles. The number of nitrogens with zero attached hydrogens (tertiary/aromatic N) is 1. The van der Waals surface area contributed by atoms with Crippen molar-refractivity contribution in [2.24, 2.45) is 0 Å². The Labute approximate surface area is 125 Å². The molecule has 0 saturated carbocycles. The molecule has 0 amide bonds. The van der Waals surface area contributed by atoms with Crippen molar-refractivity contribution in [3.05, 3.63) is 46.2 Å². The van der Waals surface area contributed by atoms with E-state index in [0.717, 1.165) is 30.0 Å². The second-order valence-electron chi connectivity index (χ2n) is 5.11. The maximum atomic E-state index is 6.05. The molecule has 2 N–H and O–H groups in total. The highest BCUT2D eigenvalue weighted by molar-refractivity contribution is 7.09. The minimum atomic E-state index is 0.472. The van der Waals surface area contributed by atoms with Crippen molar-refractivity contribution in [3.63, 3.8) is 0 Å². The maximum absolute atomic E-state index is 6.05. The fraction of sp³-hybridized carbons (Fsp3) is 0.375. The third kappa shape index (κ3) is 3.74. The van der Waals surface area contributed by atoms with E-state index in [-0.39, 0.29) is 0 Å². The van der Waals surface area contributed by atoms with Gasteiger partial charge in [-0.15, -0.1) is 11.3 Å². The van der Waals surface area contributed by atoms with Gasteiger partial charge in [0.05, 0.1) is 7.11 Å². The first kappa shape index (κ1) is 14.9. The minimum Gasteiger partial charge on any atom is -0.497 e. The van der Waals surface area contributed by atoms with Gasteiger partial charge < -0.3 is 10.5 Å². The summed E-state index contributed by atoms with van der Waals surface area (Å²) in [6, 6.07) is 10.6. The van der Waals surface area contributed by atoms with Crippen LogP contribution in [-0.4, -0.2) is 25.1 Å². The zero-order valence-corrected chi connectivity index (χ0v) is 13.1. The molecule has 0 aliphatic rings. The average molecular weight is 290 g/mol. The molecule has 1 unspecified atom stereocenters. The number of rotatable bonds is 6. The van der Waals surface area contributed by atoms with Crippen LogP contribution in [-0.2, 0) is 13.0 Å². The van der Waals surface area contributed by atoms with Crippen molar-refractivity contribution in [2.45, 2.75) is 25.9 Å². The van der Waals surface area contributed by atoms with Crippen molar-refractivity contribution in [2.75, 3.05) is 19.9 Å². The smallest absolute Gasteiger partial charge is 0.119 e. The van der Waals surface area contributed by atoms with Crippen molar-refractivity contribution in [1.82, 2.24) is 4.90 Å². The van der Waals surface area contributed by atoms with Crippen molar-refractivity contribution < 1.29 is 4.74 Å². The summed E-state index contributed by atoms with van der Waals surface area (Å²) in [5.74, 6) is 0.855. The Morgan fingerprint density at radius 2 is 2.15 bits per heavy atom. The fourth-order valence-electron chi connectivity index (χ4n) is 2.15. The number of nitrogen functional groups attached to an aromatic ring is 1. The number of methoxy groups -OCH3 is 1. The first-order valence-electron chi connectivity index (χ1n) is 6.75. The van der Waals surface area contributed by atoms with Crippen LogP contribution in [0.4, 0.5) is 5.69 Å². The van der Waals surface area contributed by atoms with Crippen molar-refractivity contribution >= 4 is 17.0 Å². The second-order valence-corrected chi connectivity index (χ2v) is 6.14. The molecule has 1 heterocycles. The predicted molar refractivity (Wildman–Crippen MR) is 86.4 cm³/mol. The molecule has 0 aliphatic carbocycles. The van der Waals surface area contributed by atoms with Gasteiger partial charge in [0.2, 0.25) is 0 Å². The van der Waals surface area contributed by atoms with Gasteiger partial charge in [0.25, 0.3) is 0 Å². The summed E-state index contributed by atoms with van der Waals surface area (Å²) in [7, 11) is 3.82. The third-order valence-electron chi connectivity index (χ3n) is 3.60. The molecule has 20 heavy (non-hydrogen) atoms. The average Bonchev–Trinajstić information content (AvgIpc) is 2.94. The molecule has 0 saturated heterocycles. The van der Waals surface area contributed by atoms with E-state index in [1.54, 1.807) is 7.11 Å². The number of thiophene rings is 1. The van der Waals surface area contributed by atoms with Crippen LogP contribution in [0.15, 0.2) is 35.7 Å². The second kappa shape index (κ2) is 6.77. The van der Waals surface area contributed by atoms with E-state index < -0.39 is 0 Å². The molecule has 2 aromatic rings. The Morgan fingerprint density at radius 1 is 1.35 bits per heavy atom. The van der Waals surface area contributed by atoms with Crippen LogP contribution < -0.4 is 10.5 Å². The highest BCUT2D eigenvalue weighted by Crippen LogP contribution is 2.22. The minimum absolute atomic E-state index is 0.472. The quantitative estimate of drug-likeness (QED) is 0.829. The Balaban J connectivity index is 2.01. The fourth-order valence-corrected chi connectivity index (χ4v) is 2.97. The van der Waals surface area contributed by atoms with Gasteiger partial charge in [-0.05, 0) is 55.6 Å². The molecule has 0 spiro atoms. The van der Waals surface area contributed by atoms with Crippen LogP contribution in [0.25, 0.3) is 0 Å². The van der Waals surface area contributed by atoms with E-state index >= 15 is 0 Å². The Morgan fingerprint density at radius 3 is 2.80 bits per heavy atom. The maximum Gasteiger partial charge on any atom is 0.119 e. The van der Waals surface area contributed by atoms with Gasteiger partial charge in [-0.25, -0.2) is 0 Å². The molecule has 0 aliphatic heterocycles. The summed E-state index contributed by atoms with van der Waals surface area (Å²) in [5, 5.41) is 2.13. The van der Waals surface area contributed by atoms with Gasteiger partial charge in [-0.3, -0.25) is 4.90 Å². The number of anilines is 1. The number of nitrogens with two attached hydrogens (primary N) is 1. The van der Waals surface area contributed by atoms with Crippen molar-refractivity contribution in [3.8, 4) is 5.75 Å². The first-order valence-corrected chi connectivity index (χ1v) is 7.63. The van der Waals surface area contributed by atoms with Crippen LogP contribution in [0.5, 0.6) is 5.75 Å². The molecule has 108 valence electrons. The summed E-state index contributed by atoms with van der Waals surface area (Å²) in [6.07, 6.45) is 1.07. The summed E-state index contributed by atoms with van der Waals surface area (Å²) in [4.78, 5) is 3.74. The Bertz CT molecular complexity index is 539. The number of benzene rings is 1. The molecule has 0 radical (unpaired) electrons. The van der Waals surface area contributed by atoms with Gasteiger partial charge in [-0.2, -0.15) is 0 Å². The number of likely N-dealkylation sites (N-methyl/N-ethyl adjacent to an activating group) is 1. The number of hydrogen-bond acceptors (Lipinski definition) is 4. The largest absolute Gasteiger partial charge is 0.497 e. The predicted octanol–water partition coefficient (Wildman–Crippen LogP) is 3.40. The van der Waals surface area contributed by atoms with Gasteiger partial charge in [-0.1, -0.05) is 6.07 Å². The van der Waals surface area contributed by atoms with Crippen molar-refractivity contribution in [1.29, 1.82) is 0 Å². The molecule has 1 aromatic heterocycles. The molecule has 1 atom stereocenters. The lowest BCUT2D eigenvalue weighted by Crippen LogP contribution is -2.30. The number of hydrogen-bond donors (Lipinski definition) is 1. The highest BCUT2D eigenvalue weighted by atomic mass is 32.1. The molecule has 3 nitrogen and oxygen atoms in total. The zero-order valence-electron chi connectivity index (χ0n) is 12.3. The summed E-state index contributed by atoms with van der Waals surface area (Å²) >= 11 is 1.81. The van der Waals surface area contributed by atoms with E-state index in [2.05, 4.69) is 36.4 Å². The lowest BCUT2D eigenvalue weighted by molar-refractivity contribution is 0.249. The van der Waals surface area contributed by atoms with Gasteiger partial charge in [0.15, 0.2) is 0 Å². The van der Waals surface area contributed by atoms with E-state index in [1.807, 2.05) is 29.5 Å². The van der Waals surface area contributed by atoms with E-state index in [9.17, 15) is 0 Å². The van der Waals surface area contributed by atoms with E-state index in [0.29, 0.717) is 6.04 Å². The van der Waals surface area contributed by atoms with Gasteiger partial charge >= 0.3 is 0 Å². The zero-order chi connectivity index (χ0) is 14.5. The van der Waals surface area contributed by atoms with Crippen LogP contribution >= 0.6 is 11.3 Å². The Kier molecular flexibility index (Phi) is 5.04. The van der Waals surface area contributed by atoms with Crippen LogP contribution in [0.3, 0.4) is 0 Å². The van der Waals surface area contributed by atoms with Crippen LogP contribution in [0.2, 0.25) is 0 Å². The molecule has 4 heteroatoms. The molecule has 0 bridgehead atoms. The van der Waals surface area contributed by atoms with Gasteiger partial charge in [0.1, 0.15) is 5.75 Å². The van der Waals surface area contributed by atoms with E-state index in [4.69, 9.17) is 10.5 Å². The first-order chi connectivity index (χ1) is 9.60.